The first-order valence-electron chi connectivity index (χ1n) is 5.87. The minimum atomic E-state index is 0.329. The Labute approximate surface area is 119 Å². The molecule has 0 bridgehead atoms. The van der Waals surface area contributed by atoms with Gasteiger partial charge in [-0.1, -0.05) is 23.7 Å². The molecule has 0 aliphatic carbocycles. The second kappa shape index (κ2) is 4.97. The van der Waals surface area contributed by atoms with E-state index in [-0.39, 0.29) is 0 Å². The van der Waals surface area contributed by atoms with Gasteiger partial charge in [-0.15, -0.1) is 0 Å². The number of halogens is 1. The van der Waals surface area contributed by atoms with Gasteiger partial charge >= 0.3 is 0 Å². The van der Waals surface area contributed by atoms with Crippen LogP contribution in [-0.4, -0.2) is 26.7 Å². The predicted octanol–water partition coefficient (Wildman–Crippen LogP) is 2.89. The Morgan fingerprint density at radius 2 is 1.95 bits per heavy atom. The van der Waals surface area contributed by atoms with Gasteiger partial charge < -0.3 is 9.47 Å². The Balaban J connectivity index is 2.15. The number of ether oxygens (including phenoxy) is 2. The van der Waals surface area contributed by atoms with Crippen molar-refractivity contribution in [3.05, 3.63) is 41.3 Å². The van der Waals surface area contributed by atoms with Gasteiger partial charge in [0.2, 0.25) is 5.88 Å². The van der Waals surface area contributed by atoms with Gasteiger partial charge in [-0.3, -0.25) is 0 Å². The van der Waals surface area contributed by atoms with Crippen LogP contribution in [0.25, 0.3) is 5.78 Å². The van der Waals surface area contributed by atoms with Crippen LogP contribution in [0.3, 0.4) is 0 Å². The molecule has 20 heavy (non-hydrogen) atoms. The number of benzene rings is 1. The molecule has 2 heterocycles. The topological polar surface area (TPSA) is 61.5 Å². The van der Waals surface area contributed by atoms with E-state index in [1.165, 1.54) is 10.8 Å². The predicted molar refractivity (Wildman–Crippen MR) is 73.6 cm³/mol. The van der Waals surface area contributed by atoms with Crippen molar-refractivity contribution in [1.29, 1.82) is 0 Å². The SMILES string of the molecule is COc1ccccc1Oc1c(C)c(Cl)nc2ncnn12. The summed E-state index contributed by atoms with van der Waals surface area (Å²) < 4.78 is 12.7. The van der Waals surface area contributed by atoms with Crippen molar-refractivity contribution in [3.8, 4) is 17.4 Å². The van der Waals surface area contributed by atoms with Crippen molar-refractivity contribution in [3.63, 3.8) is 0 Å². The maximum Gasteiger partial charge on any atom is 0.256 e. The van der Waals surface area contributed by atoms with Crippen LogP contribution in [0.4, 0.5) is 0 Å². The van der Waals surface area contributed by atoms with E-state index in [2.05, 4.69) is 15.1 Å². The van der Waals surface area contributed by atoms with Crippen molar-refractivity contribution < 1.29 is 9.47 Å². The van der Waals surface area contributed by atoms with E-state index >= 15 is 0 Å². The molecular formula is C13H11ClN4O2. The summed E-state index contributed by atoms with van der Waals surface area (Å²) in [6.45, 7) is 1.81. The zero-order chi connectivity index (χ0) is 14.1. The molecule has 1 aromatic carbocycles. The smallest absolute Gasteiger partial charge is 0.256 e. The van der Waals surface area contributed by atoms with Gasteiger partial charge in [0.1, 0.15) is 11.5 Å². The molecule has 0 saturated carbocycles. The first-order chi connectivity index (χ1) is 9.70. The Morgan fingerprint density at radius 3 is 2.70 bits per heavy atom. The summed E-state index contributed by atoms with van der Waals surface area (Å²) in [7, 11) is 1.58. The van der Waals surface area contributed by atoms with Crippen LogP contribution in [0.2, 0.25) is 5.15 Å². The van der Waals surface area contributed by atoms with Gasteiger partial charge in [0.05, 0.1) is 7.11 Å². The fraction of sp³-hybridized carbons (Fsp3) is 0.154. The Bertz CT molecular complexity index is 772. The highest BCUT2D eigenvalue weighted by Gasteiger charge is 2.15. The summed E-state index contributed by atoms with van der Waals surface area (Å²) in [5.74, 6) is 2.03. The third-order valence-corrected chi connectivity index (χ3v) is 3.19. The summed E-state index contributed by atoms with van der Waals surface area (Å²) in [5.41, 5.74) is 0.676. The molecule has 102 valence electrons. The molecule has 3 rings (SSSR count). The highest BCUT2D eigenvalue weighted by atomic mass is 35.5. The average molecular weight is 291 g/mol. The van der Waals surface area contributed by atoms with E-state index in [0.717, 1.165) is 0 Å². The number of fused-ring (bicyclic) bond motifs is 1. The molecule has 0 unspecified atom stereocenters. The number of methoxy groups -OCH3 is 1. The Morgan fingerprint density at radius 1 is 1.20 bits per heavy atom. The minimum Gasteiger partial charge on any atom is -0.493 e. The zero-order valence-electron chi connectivity index (χ0n) is 10.9. The molecular weight excluding hydrogens is 280 g/mol. The molecule has 0 aliphatic heterocycles. The highest BCUT2D eigenvalue weighted by molar-refractivity contribution is 6.30. The Kier molecular flexibility index (Phi) is 3.15. The molecule has 6 nitrogen and oxygen atoms in total. The first-order valence-corrected chi connectivity index (χ1v) is 6.25. The van der Waals surface area contributed by atoms with Gasteiger partial charge in [-0.2, -0.15) is 19.6 Å². The number of para-hydroxylation sites is 2. The third-order valence-electron chi connectivity index (χ3n) is 2.83. The summed E-state index contributed by atoms with van der Waals surface area (Å²) in [5, 5.41) is 4.42. The minimum absolute atomic E-state index is 0.329. The second-order valence-electron chi connectivity index (χ2n) is 4.06. The molecule has 0 atom stereocenters. The quantitative estimate of drug-likeness (QED) is 0.694. The molecule has 3 aromatic rings. The highest BCUT2D eigenvalue weighted by Crippen LogP contribution is 2.33. The maximum absolute atomic E-state index is 6.09. The number of nitrogens with zero attached hydrogens (tertiary/aromatic N) is 4. The normalized spacial score (nSPS) is 10.8. The van der Waals surface area contributed by atoms with Gasteiger partial charge in [0, 0.05) is 5.56 Å². The maximum atomic E-state index is 6.09. The van der Waals surface area contributed by atoms with Crippen molar-refractivity contribution in [2.75, 3.05) is 7.11 Å². The van der Waals surface area contributed by atoms with Crippen LogP contribution in [0, 0.1) is 6.92 Å². The number of hydrogen-bond acceptors (Lipinski definition) is 5. The standard InChI is InChI=1S/C13H11ClN4O2/c1-8-11(14)17-13-15-7-16-18(13)12(8)20-10-6-4-3-5-9(10)19-2/h3-7H,1-2H3. The fourth-order valence-corrected chi connectivity index (χ4v) is 1.96. The van der Waals surface area contributed by atoms with Crippen LogP contribution in [0.5, 0.6) is 17.4 Å². The molecule has 0 aliphatic rings. The lowest BCUT2D eigenvalue weighted by atomic mass is 10.3. The largest absolute Gasteiger partial charge is 0.493 e. The fourth-order valence-electron chi connectivity index (χ4n) is 1.80. The summed E-state index contributed by atoms with van der Waals surface area (Å²) in [6, 6.07) is 7.33. The van der Waals surface area contributed by atoms with Crippen molar-refractivity contribution in [1.82, 2.24) is 19.6 Å². The van der Waals surface area contributed by atoms with E-state index in [4.69, 9.17) is 21.1 Å². The average Bonchev–Trinajstić information content (AvgIpc) is 2.92. The van der Waals surface area contributed by atoms with Gasteiger partial charge in [-0.25, -0.2) is 0 Å². The number of hydrogen-bond donors (Lipinski definition) is 0. The lowest BCUT2D eigenvalue weighted by molar-refractivity contribution is 0.368. The molecule has 7 heteroatoms. The van der Waals surface area contributed by atoms with Gasteiger partial charge in [0.25, 0.3) is 5.78 Å². The van der Waals surface area contributed by atoms with Crippen LogP contribution >= 0.6 is 11.6 Å². The number of aromatic nitrogens is 4. The second-order valence-corrected chi connectivity index (χ2v) is 4.42. The molecule has 0 amide bonds. The van der Waals surface area contributed by atoms with Crippen LogP contribution < -0.4 is 9.47 Å². The van der Waals surface area contributed by atoms with Crippen LogP contribution in [0.15, 0.2) is 30.6 Å². The molecule has 0 fully saturated rings. The lowest BCUT2D eigenvalue weighted by Gasteiger charge is -2.12. The molecule has 0 spiro atoms. The van der Waals surface area contributed by atoms with Crippen molar-refractivity contribution >= 4 is 17.4 Å². The Hall–Kier alpha value is -2.34. The lowest BCUT2D eigenvalue weighted by Crippen LogP contribution is -2.02. The van der Waals surface area contributed by atoms with E-state index in [1.54, 1.807) is 20.1 Å². The van der Waals surface area contributed by atoms with E-state index < -0.39 is 0 Å². The van der Waals surface area contributed by atoms with E-state index in [1.807, 2.05) is 18.2 Å². The number of rotatable bonds is 3. The molecule has 2 aromatic heterocycles. The van der Waals surface area contributed by atoms with Crippen LogP contribution in [-0.2, 0) is 0 Å². The zero-order valence-corrected chi connectivity index (χ0v) is 11.6. The molecule has 0 N–H and O–H groups in total. The molecule has 0 radical (unpaired) electrons. The van der Waals surface area contributed by atoms with Crippen LogP contribution in [0.1, 0.15) is 5.56 Å². The van der Waals surface area contributed by atoms with E-state index in [0.29, 0.717) is 33.9 Å². The summed E-state index contributed by atoms with van der Waals surface area (Å²) in [6.07, 6.45) is 1.40. The summed E-state index contributed by atoms with van der Waals surface area (Å²) in [4.78, 5) is 8.13. The first kappa shape index (κ1) is 12.7. The third kappa shape index (κ3) is 2.04. The van der Waals surface area contributed by atoms with Gasteiger partial charge in [0.15, 0.2) is 11.5 Å². The van der Waals surface area contributed by atoms with Gasteiger partial charge in [-0.05, 0) is 19.1 Å². The van der Waals surface area contributed by atoms with Crippen molar-refractivity contribution in [2.24, 2.45) is 0 Å². The van der Waals surface area contributed by atoms with E-state index in [9.17, 15) is 0 Å². The van der Waals surface area contributed by atoms with Crippen molar-refractivity contribution in [2.45, 2.75) is 6.92 Å². The molecule has 0 saturated heterocycles. The monoisotopic (exact) mass is 290 g/mol. The summed E-state index contributed by atoms with van der Waals surface area (Å²) >= 11 is 6.09.